The fourth-order valence-corrected chi connectivity index (χ4v) is 20.0. The van der Waals surface area contributed by atoms with Crippen LogP contribution in [0.2, 0.25) is 0 Å². The number of carboxylic acids is 1. The number of amides is 1. The van der Waals surface area contributed by atoms with Crippen molar-refractivity contribution in [1.82, 2.24) is 63.2 Å². The number of methoxy groups -OCH3 is 2. The fourth-order valence-electron chi connectivity index (χ4n) is 13.3. The number of nitrogens with zero attached hydrogens (tertiary/aromatic N) is 11. The summed E-state index contributed by atoms with van der Waals surface area (Å²) in [5, 5.41) is 39.6. The lowest BCUT2D eigenvalue weighted by Crippen LogP contribution is -2.39. The molecule has 0 bridgehead atoms. The van der Waals surface area contributed by atoms with E-state index < -0.39 is 70.6 Å². The molecule has 0 atom stereocenters. The van der Waals surface area contributed by atoms with E-state index in [9.17, 15) is 69.2 Å². The van der Waals surface area contributed by atoms with Gasteiger partial charge >= 0.3 is 35.0 Å². The number of carbonyl (C=O) groups is 4. The molecule has 0 unspecified atom stereocenters. The van der Waals surface area contributed by atoms with Gasteiger partial charge in [-0.2, -0.15) is 0 Å². The number of para-hydroxylation sites is 4. The number of nitrogens with two attached hydrogens (primary N) is 2. The highest BCUT2D eigenvalue weighted by molar-refractivity contribution is 9.11. The van der Waals surface area contributed by atoms with E-state index in [1.54, 1.807) is 134 Å². The maximum Gasteiger partial charge on any atom is 0.340 e. The molecule has 2 aliphatic carbocycles. The van der Waals surface area contributed by atoms with Gasteiger partial charge in [0.2, 0.25) is 10.0 Å². The molecule has 0 radical (unpaired) electrons. The molecule has 7 aromatic carbocycles. The number of hydrogen-bond donors (Lipinski definition) is 8. The van der Waals surface area contributed by atoms with Crippen molar-refractivity contribution >= 4 is 227 Å². The minimum atomic E-state index is -4.05. The number of halogens is 10. The SMILES string of the molecule is CC1(N)CC1.CNc1c(Br)cccc1C(=O)NCc1cc(C)no1.CNc1c(Br)cccc1C(=O)O.CNc1c(Br)cccc1C(=O)OC.COC(=O)c1cccc(Br)c1F.Cc1cc(CN)on1.Cc1cc(Cn2c(=O)c3cc(S(=O)(=O)Cl)cc(Br)c3n(C)c2=O)on1.Cc1cc(Cn2c(=O)c3cc(S(=O)(=O)NC4(C)CC4)cc(Br)c3n(C)c2=O)on1.Cc1cc(Cn2c(=O)c3cccc(Br)c3n(C)c2=O)on1.Cl. The molecular formula is C93H98Br7Cl2FN18O22S2. The molecule has 2 saturated carbocycles. The molecule has 40 nitrogen and oxygen atoms in total. The van der Waals surface area contributed by atoms with Gasteiger partial charge in [0.15, 0.2) is 34.6 Å². The molecule has 52 heteroatoms. The summed E-state index contributed by atoms with van der Waals surface area (Å²) < 4.78 is 110. The van der Waals surface area contributed by atoms with Crippen LogP contribution in [0.15, 0.2) is 238 Å². The van der Waals surface area contributed by atoms with E-state index in [1.807, 2.05) is 45.0 Å². The third kappa shape index (κ3) is 31.2. The molecule has 17 rings (SSSR count). The molecule has 2 fully saturated rings. The molecule has 774 valence electrons. The van der Waals surface area contributed by atoms with Crippen molar-refractivity contribution in [2.75, 3.05) is 51.3 Å². The van der Waals surface area contributed by atoms with Gasteiger partial charge in [-0.3, -0.25) is 46.6 Å². The van der Waals surface area contributed by atoms with E-state index in [0.717, 1.165) is 74.6 Å². The second-order valence-electron chi connectivity index (χ2n) is 32.4. The zero-order chi connectivity index (χ0) is 107. The topological polar surface area (TPSA) is 550 Å². The molecule has 145 heavy (non-hydrogen) atoms. The van der Waals surface area contributed by atoms with Crippen LogP contribution in [0.25, 0.3) is 32.7 Å². The normalized spacial score (nSPS) is 12.2. The summed E-state index contributed by atoms with van der Waals surface area (Å²) >= 11 is 22.8. The third-order valence-corrected chi connectivity index (χ3v) is 28.4. The summed E-state index contributed by atoms with van der Waals surface area (Å²) in [5.41, 5.74) is 15.6. The highest BCUT2D eigenvalue weighted by atomic mass is 79.9. The van der Waals surface area contributed by atoms with Gasteiger partial charge in [-0.15, -0.1) is 12.4 Å². The Morgan fingerprint density at radius 1 is 0.462 bits per heavy atom. The number of anilines is 3. The van der Waals surface area contributed by atoms with Crippen molar-refractivity contribution < 1.29 is 77.6 Å². The first-order valence-corrected chi connectivity index (χ1v) is 52.0. The molecular weight excluding hydrogens is 2430 g/mol. The van der Waals surface area contributed by atoms with E-state index in [-0.39, 0.29) is 101 Å². The Bertz CT molecular complexity index is 7950. The second kappa shape index (κ2) is 52.1. The predicted octanol–water partition coefficient (Wildman–Crippen LogP) is 16.1. The zero-order valence-corrected chi connectivity index (χ0v) is 94.2. The number of fused-ring (bicyclic) bond motifs is 3. The Balaban J connectivity index is 0.000000206. The van der Waals surface area contributed by atoms with Crippen LogP contribution in [0.3, 0.4) is 0 Å². The molecule has 8 heterocycles. The van der Waals surface area contributed by atoms with Crippen molar-refractivity contribution in [2.45, 2.75) is 128 Å². The van der Waals surface area contributed by atoms with E-state index in [0.29, 0.717) is 95.4 Å². The third-order valence-electron chi connectivity index (χ3n) is 21.0. The molecule has 0 saturated heterocycles. The van der Waals surface area contributed by atoms with Gasteiger partial charge < -0.3 is 69.9 Å². The largest absolute Gasteiger partial charge is 0.478 e. The van der Waals surface area contributed by atoms with Crippen LogP contribution in [-0.2, 0) is 82.4 Å². The van der Waals surface area contributed by atoms with Gasteiger partial charge in [-0.25, -0.2) is 54.7 Å². The monoisotopic (exact) mass is 2520 g/mol. The van der Waals surface area contributed by atoms with Gasteiger partial charge in [-0.1, -0.05) is 56.1 Å². The molecule has 0 aliphatic heterocycles. The van der Waals surface area contributed by atoms with Gasteiger partial charge in [0, 0.05) is 121 Å². The number of carboxylic acid groups (broad SMARTS) is 1. The van der Waals surface area contributed by atoms with Crippen molar-refractivity contribution in [3.05, 3.63) is 325 Å². The van der Waals surface area contributed by atoms with Crippen LogP contribution >= 0.6 is 135 Å². The average Bonchev–Trinajstić information content (AvgIpc) is 1.04. The molecule has 1 amide bonds. The first-order chi connectivity index (χ1) is 67.8. The van der Waals surface area contributed by atoms with E-state index in [4.69, 9.17) is 49.9 Å². The van der Waals surface area contributed by atoms with Gasteiger partial charge in [0.25, 0.3) is 31.6 Å². The Morgan fingerprint density at radius 2 is 0.786 bits per heavy atom. The molecule has 8 aromatic heterocycles. The lowest BCUT2D eigenvalue weighted by molar-refractivity contribution is 0.0589. The maximum atomic E-state index is 13.1. The second-order valence-corrected chi connectivity index (χ2v) is 42.6. The Morgan fingerprint density at radius 3 is 1.14 bits per heavy atom. The number of hydrogen-bond acceptors (Lipinski definition) is 31. The van der Waals surface area contributed by atoms with Crippen molar-refractivity contribution in [2.24, 2.45) is 32.6 Å². The summed E-state index contributed by atoms with van der Waals surface area (Å²) in [7, 11) is 9.94. The summed E-state index contributed by atoms with van der Waals surface area (Å²) in [6.45, 7) is 13.4. The van der Waals surface area contributed by atoms with Crippen molar-refractivity contribution in [3.63, 3.8) is 0 Å². The quantitative estimate of drug-likeness (QED) is 0.0259. The van der Waals surface area contributed by atoms with E-state index >= 15 is 0 Å². The number of rotatable bonds is 20. The number of sulfonamides is 1. The standard InChI is InChI=1S/C18H19BrN4O5S.C14H11BrClN3O5S.C14H12BrN3O3.C13H14BrN3O2.C9H10BrNO2.C8H6BrFO2.C8H8BrNO2.C5H8N2O.C4H9N.ClH/c1-10-6-11(28-20-10)9-23-16(24)13-7-12(29(26,27)21-18(2)4-5-18)8-14(19)15(13)22(3)17(23)25;1-7-3-8(24-17-7)6-19-13(20)10-4-9(25(16,22)23)5-11(15)12(10)18(2)14(19)21;1-8-6-9(21-16-8)7-18-13(19)10-4-3-5-11(15)12(10)17(2)14(18)20;1-8-6-9(19-17-8)7-16-13(18)10-4-3-5-11(14)12(10)15-2;1-11-8-6(9(12)13-2)4-3-5-7(8)10;1-12-8(11)5-3-2-4-6(9)7(5)10;1-10-7-5(8(11)12)3-2-4-6(7)9;1-4-2-5(3-6)8-7-4;1-4(5)2-3-4;/h6-8,21H,4-5,9H2,1-3H3;3-5H,6H2,1-2H3;3-6H,7H2,1-2H3;3-6,15H,7H2,1-2H3,(H,16,18);3-5,11H,1-2H3;2-4H,1H3;2-4,10H,1H3,(H,11,12);2H,3,6H2,1H3;2-3,5H2,1H3;1H. The highest BCUT2D eigenvalue weighted by Gasteiger charge is 2.42. The average molecular weight is 2530 g/mol. The van der Waals surface area contributed by atoms with Crippen LogP contribution < -0.4 is 71.2 Å². The number of aromatic carboxylic acids is 1. The van der Waals surface area contributed by atoms with E-state index in [2.05, 4.69) is 180 Å². The number of ether oxygens (including phenoxy) is 2. The number of nitrogens with one attached hydrogen (secondary N) is 5. The van der Waals surface area contributed by atoms with Gasteiger partial charge in [-0.05, 0) is 271 Å². The minimum absolute atomic E-state index is 0. The number of aryl methyl sites for hydroxylation is 8. The number of carbonyl (C=O) groups excluding carboxylic acids is 3. The van der Waals surface area contributed by atoms with Crippen molar-refractivity contribution in [3.8, 4) is 0 Å². The number of esters is 2. The zero-order valence-electron chi connectivity index (χ0n) is 79.9. The summed E-state index contributed by atoms with van der Waals surface area (Å²) in [6.07, 6.45) is 3.98. The molecule has 10 N–H and O–H groups in total. The Labute approximate surface area is 896 Å². The Hall–Kier alpha value is -11.7. The van der Waals surface area contributed by atoms with Crippen LogP contribution in [0, 0.1) is 40.4 Å². The van der Waals surface area contributed by atoms with E-state index in [1.165, 1.54) is 85.2 Å². The maximum absolute atomic E-state index is 13.1. The fraction of sp³-hybridized carbons (Fsp3) is 0.280. The van der Waals surface area contributed by atoms with Crippen LogP contribution in [-0.4, -0.2) is 145 Å². The molecule has 0 spiro atoms. The summed E-state index contributed by atoms with van der Waals surface area (Å²) in [6, 6.07) is 39.2. The van der Waals surface area contributed by atoms with Crippen LogP contribution in [0.5, 0.6) is 0 Å². The molecule has 15 aromatic rings. The Kier molecular flexibility index (Phi) is 42.6. The van der Waals surface area contributed by atoms with Crippen LogP contribution in [0.4, 0.5) is 21.5 Å². The first-order valence-electron chi connectivity index (χ1n) is 42.6. The van der Waals surface area contributed by atoms with Gasteiger partial charge in [0.1, 0.15) is 0 Å². The molecule has 2 aliphatic rings. The summed E-state index contributed by atoms with van der Waals surface area (Å²) in [4.78, 5) is 121. The number of aromatic nitrogens is 11. The minimum Gasteiger partial charge on any atom is -0.478 e. The summed E-state index contributed by atoms with van der Waals surface area (Å²) in [5.74, 6) is -0.178. The van der Waals surface area contributed by atoms with Crippen LogP contribution in [0.1, 0.15) is 138 Å². The lowest BCUT2D eigenvalue weighted by atomic mass is 10.1. The highest BCUT2D eigenvalue weighted by Crippen LogP contribution is 2.38. The lowest BCUT2D eigenvalue weighted by Gasteiger charge is -2.15. The van der Waals surface area contributed by atoms with Gasteiger partial charge in [0.05, 0.1) is 162 Å². The smallest absolute Gasteiger partial charge is 0.340 e. The first kappa shape index (κ1) is 119. The predicted molar refractivity (Wildman–Crippen MR) is 571 cm³/mol. The number of benzene rings is 7. The van der Waals surface area contributed by atoms with Crippen molar-refractivity contribution in [1.29, 1.82) is 0 Å².